The van der Waals surface area contributed by atoms with Crippen LogP contribution in [0.15, 0.2) is 60.7 Å². The van der Waals surface area contributed by atoms with Crippen molar-refractivity contribution in [3.8, 4) is 0 Å². The zero-order valence-electron chi connectivity index (χ0n) is 38.0. The molecule has 5 N–H and O–H groups in total. The van der Waals surface area contributed by atoms with Crippen LogP contribution >= 0.6 is 0 Å². The van der Waals surface area contributed by atoms with Gasteiger partial charge in [-0.1, -0.05) is 128 Å². The highest BCUT2D eigenvalue weighted by Crippen LogP contribution is 2.65. The minimum Gasteiger partial charge on any atom is -0.459 e. The molecule has 16 heteroatoms. The number of Topliss-reactive ketones (excluding diaryl/α,β-unsaturated/α-hetero) is 1. The second-order valence-electron chi connectivity index (χ2n) is 19.2. The van der Waals surface area contributed by atoms with Gasteiger partial charge in [-0.2, -0.15) is 0 Å². The fraction of sp³-hybridized carbons (Fsp3) is 0.574. The number of nitrogens with one attached hydrogen (secondary N) is 5. The summed E-state index contributed by atoms with van der Waals surface area (Å²) < 4.78 is 5.57. The Balaban J connectivity index is 1.26. The van der Waals surface area contributed by atoms with Gasteiger partial charge >= 0.3 is 12.0 Å². The Kier molecular flexibility index (Phi) is 15.4. The summed E-state index contributed by atoms with van der Waals surface area (Å²) in [6, 6.07) is 11.7. The molecule has 16 nitrogen and oxygen atoms in total. The number of ether oxygens (including phenoxy) is 1. The van der Waals surface area contributed by atoms with Crippen LogP contribution in [0.1, 0.15) is 91.3 Å². The van der Waals surface area contributed by atoms with E-state index in [-0.39, 0.29) is 54.6 Å². The van der Waals surface area contributed by atoms with Gasteiger partial charge in [-0.05, 0) is 52.0 Å². The number of esters is 1. The van der Waals surface area contributed by atoms with Crippen LogP contribution in [0.2, 0.25) is 0 Å². The standard InChI is InChI=1S/C47H65N7O9/c1-10-27(2)35(44(61)63-26-29-17-13-11-14-18-29)51-45(62)52-39(46(3,4)5)43(60)54-25-31-34(47(31,6)7)37(54)40(57)49-32(23-28-21-22-28)38(56)41(58)48-24-33(55)50-36(42(59)53(8)9)30-19-15-12-16-20-30/h11-20,27-28,31-32,34-37,39H,10,21-26H2,1-9H3,(H,48,58)(H,49,57)(H,50,55)(H2,51,52,62)/t27?,31-,32?,34?,35?,36-,37-,39+/m0/s1. The van der Waals surface area contributed by atoms with Crippen molar-refractivity contribution in [2.45, 2.75) is 111 Å². The topological polar surface area (TPSA) is 212 Å². The van der Waals surface area contributed by atoms with Crippen LogP contribution in [0.25, 0.3) is 0 Å². The summed E-state index contributed by atoms with van der Waals surface area (Å²) in [5.74, 6) is -5.24. The molecule has 3 aliphatic rings. The molecule has 2 saturated carbocycles. The van der Waals surface area contributed by atoms with Crippen molar-refractivity contribution in [2.24, 2.45) is 34.5 Å². The highest BCUT2D eigenvalue weighted by Gasteiger charge is 2.70. The molecule has 0 aromatic heterocycles. The number of benzene rings is 2. The van der Waals surface area contributed by atoms with E-state index in [1.807, 2.05) is 58.0 Å². The fourth-order valence-electron chi connectivity index (χ4n) is 8.41. The Morgan fingerprint density at radius 3 is 2.06 bits per heavy atom. The zero-order valence-corrected chi connectivity index (χ0v) is 38.0. The van der Waals surface area contributed by atoms with E-state index in [9.17, 15) is 38.4 Å². The van der Waals surface area contributed by atoms with Crippen LogP contribution < -0.4 is 26.6 Å². The molecule has 0 spiro atoms. The Bertz CT molecular complexity index is 2010. The van der Waals surface area contributed by atoms with Crippen LogP contribution in [-0.4, -0.2) is 108 Å². The van der Waals surface area contributed by atoms with Crippen LogP contribution in [0.5, 0.6) is 0 Å². The van der Waals surface area contributed by atoms with Gasteiger partial charge in [0.25, 0.3) is 5.91 Å². The van der Waals surface area contributed by atoms with Gasteiger partial charge in [0.2, 0.25) is 29.4 Å². The van der Waals surface area contributed by atoms with Crippen molar-refractivity contribution < 1.29 is 43.1 Å². The van der Waals surface area contributed by atoms with Gasteiger partial charge in [-0.15, -0.1) is 0 Å². The van der Waals surface area contributed by atoms with Crippen molar-refractivity contribution >= 4 is 47.3 Å². The number of likely N-dealkylation sites (tertiary alicyclic amines) is 1. The Morgan fingerprint density at radius 2 is 1.49 bits per heavy atom. The average Bonchev–Trinajstić information content (AvgIpc) is 4.11. The third-order valence-corrected chi connectivity index (χ3v) is 12.8. The Hall–Kier alpha value is -5.80. The molecule has 2 aromatic carbocycles. The number of carbonyl (C=O) groups excluding carboxylic acids is 8. The van der Waals surface area contributed by atoms with Crippen molar-refractivity contribution in [3.63, 3.8) is 0 Å². The van der Waals surface area contributed by atoms with Gasteiger partial charge in [0.05, 0.1) is 12.6 Å². The monoisotopic (exact) mass is 871 g/mol. The first kappa shape index (κ1) is 48.2. The number of hydrogen-bond donors (Lipinski definition) is 5. The molecule has 2 aliphatic carbocycles. The highest BCUT2D eigenvalue weighted by molar-refractivity contribution is 6.38. The maximum atomic E-state index is 14.6. The minimum atomic E-state index is -1.22. The second-order valence-corrected chi connectivity index (χ2v) is 19.2. The molecule has 7 amide bonds. The van der Waals surface area contributed by atoms with Gasteiger partial charge < -0.3 is 41.1 Å². The molecule has 1 aliphatic heterocycles. The summed E-state index contributed by atoms with van der Waals surface area (Å²) in [5.41, 5.74) is 0.199. The molecule has 5 rings (SSSR count). The van der Waals surface area contributed by atoms with Crippen molar-refractivity contribution in [1.82, 2.24) is 36.4 Å². The lowest BCUT2D eigenvalue weighted by Gasteiger charge is -2.38. The number of fused-ring (bicyclic) bond motifs is 1. The number of piperidine rings is 1. The summed E-state index contributed by atoms with van der Waals surface area (Å²) in [5, 5.41) is 13.4. The molecule has 0 bridgehead atoms. The number of hydrogen-bond acceptors (Lipinski definition) is 9. The second kappa shape index (κ2) is 20.1. The number of likely N-dealkylation sites (N-methyl/N-ethyl adjacent to an activating group) is 1. The Labute approximate surface area is 370 Å². The number of ketones is 1. The first-order valence-electron chi connectivity index (χ1n) is 21.9. The molecule has 0 radical (unpaired) electrons. The number of amides is 7. The van der Waals surface area contributed by atoms with E-state index in [2.05, 4.69) is 26.6 Å². The molecular formula is C47H65N7O9. The van der Waals surface area contributed by atoms with E-state index >= 15 is 0 Å². The lowest BCUT2D eigenvalue weighted by molar-refractivity contribution is -0.148. The van der Waals surface area contributed by atoms with Gasteiger partial charge in [0.15, 0.2) is 0 Å². The largest absolute Gasteiger partial charge is 0.459 e. The van der Waals surface area contributed by atoms with Gasteiger partial charge in [-0.3, -0.25) is 28.8 Å². The number of urea groups is 1. The first-order chi connectivity index (χ1) is 29.6. The van der Waals surface area contributed by atoms with Crippen LogP contribution in [0, 0.1) is 34.5 Å². The van der Waals surface area contributed by atoms with E-state index in [4.69, 9.17) is 4.74 Å². The van der Waals surface area contributed by atoms with Crippen LogP contribution in [0.3, 0.4) is 0 Å². The summed E-state index contributed by atoms with van der Waals surface area (Å²) in [6.07, 6.45) is 2.40. The van der Waals surface area contributed by atoms with E-state index < -0.39 is 83.6 Å². The third-order valence-electron chi connectivity index (χ3n) is 12.8. The molecule has 4 unspecified atom stereocenters. The fourth-order valence-corrected chi connectivity index (χ4v) is 8.41. The van der Waals surface area contributed by atoms with E-state index in [1.54, 1.807) is 65.2 Å². The molecule has 3 fully saturated rings. The summed E-state index contributed by atoms with van der Waals surface area (Å²) in [7, 11) is 3.12. The smallest absolute Gasteiger partial charge is 0.329 e. The summed E-state index contributed by atoms with van der Waals surface area (Å²) in [4.78, 5) is 112. The van der Waals surface area contributed by atoms with Crippen molar-refractivity contribution in [2.75, 3.05) is 27.2 Å². The molecule has 342 valence electrons. The van der Waals surface area contributed by atoms with Crippen molar-refractivity contribution in [1.29, 1.82) is 0 Å². The van der Waals surface area contributed by atoms with E-state index in [1.165, 1.54) is 9.80 Å². The molecule has 63 heavy (non-hydrogen) atoms. The molecule has 2 aromatic rings. The predicted octanol–water partition coefficient (Wildman–Crippen LogP) is 3.26. The third kappa shape index (κ3) is 12.0. The van der Waals surface area contributed by atoms with Crippen molar-refractivity contribution in [3.05, 3.63) is 71.8 Å². The number of nitrogens with zero attached hydrogens (tertiary/aromatic N) is 2. The summed E-state index contributed by atoms with van der Waals surface area (Å²) >= 11 is 0. The minimum absolute atomic E-state index is 0.0284. The molecule has 1 heterocycles. The van der Waals surface area contributed by atoms with Gasteiger partial charge in [0, 0.05) is 20.6 Å². The van der Waals surface area contributed by atoms with E-state index in [0.717, 1.165) is 18.4 Å². The zero-order chi connectivity index (χ0) is 46.4. The Morgan fingerprint density at radius 1 is 0.873 bits per heavy atom. The number of rotatable bonds is 19. The molecule has 1 saturated heterocycles. The lowest BCUT2D eigenvalue weighted by Crippen LogP contribution is -2.62. The number of carbonyl (C=O) groups is 8. The summed E-state index contributed by atoms with van der Waals surface area (Å²) in [6.45, 7) is 12.8. The van der Waals surface area contributed by atoms with Gasteiger partial charge in [0.1, 0.15) is 30.8 Å². The SMILES string of the molecule is CCC(C)C(NC(=O)N[C@H](C(=O)N1C[C@H]2C([C@H]1C(=O)NC(CC1CC1)C(=O)C(=O)NCC(=O)N[C@H](C(=O)N(C)C)c1ccccc1)C2(C)C)C(C)(C)C)C(=O)OCc1ccccc1. The average molecular weight is 872 g/mol. The van der Waals surface area contributed by atoms with Crippen LogP contribution in [0.4, 0.5) is 4.79 Å². The molecular weight excluding hydrogens is 807 g/mol. The first-order valence-corrected chi connectivity index (χ1v) is 21.9. The van der Waals surface area contributed by atoms with Gasteiger partial charge in [-0.25, -0.2) is 9.59 Å². The quantitative estimate of drug-likeness (QED) is 0.103. The highest BCUT2D eigenvalue weighted by atomic mass is 16.5. The predicted molar refractivity (Wildman–Crippen MR) is 234 cm³/mol. The maximum Gasteiger partial charge on any atom is 0.329 e. The van der Waals surface area contributed by atoms with Crippen LogP contribution in [-0.2, 0) is 44.9 Å². The lowest BCUT2D eigenvalue weighted by atomic mass is 9.85. The molecule has 8 atom stereocenters. The normalized spacial score (nSPS) is 20.9. The maximum absolute atomic E-state index is 14.6. The van der Waals surface area contributed by atoms with E-state index in [0.29, 0.717) is 12.0 Å².